The van der Waals surface area contributed by atoms with Crippen molar-refractivity contribution in [1.82, 2.24) is 5.32 Å². The first-order chi connectivity index (χ1) is 14.6. The van der Waals surface area contributed by atoms with Crippen LogP contribution in [0.5, 0.6) is 11.5 Å². The molecular formula is C24H30N2O4. The first-order valence-electron chi connectivity index (χ1n) is 10.5. The summed E-state index contributed by atoms with van der Waals surface area (Å²) in [6.45, 7) is 0.493. The summed E-state index contributed by atoms with van der Waals surface area (Å²) >= 11 is 0. The fourth-order valence-electron chi connectivity index (χ4n) is 3.81. The molecule has 3 rings (SSSR count). The summed E-state index contributed by atoms with van der Waals surface area (Å²) in [5.74, 6) is 1.32. The molecule has 2 aromatic carbocycles. The van der Waals surface area contributed by atoms with E-state index in [4.69, 9.17) is 9.47 Å². The van der Waals surface area contributed by atoms with Crippen LogP contribution < -0.4 is 20.1 Å². The second kappa shape index (κ2) is 10.7. The van der Waals surface area contributed by atoms with E-state index in [0.29, 0.717) is 35.7 Å². The Morgan fingerprint density at radius 3 is 2.47 bits per heavy atom. The molecule has 30 heavy (non-hydrogen) atoms. The van der Waals surface area contributed by atoms with Crippen LogP contribution in [-0.2, 0) is 11.2 Å². The van der Waals surface area contributed by atoms with E-state index in [2.05, 4.69) is 10.6 Å². The number of methoxy groups -OCH3 is 2. The van der Waals surface area contributed by atoms with E-state index in [-0.39, 0.29) is 17.7 Å². The van der Waals surface area contributed by atoms with Crippen molar-refractivity contribution in [2.45, 2.75) is 38.5 Å². The molecule has 6 nitrogen and oxygen atoms in total. The van der Waals surface area contributed by atoms with Gasteiger partial charge in [-0.2, -0.15) is 0 Å². The van der Waals surface area contributed by atoms with Crippen molar-refractivity contribution in [2.75, 3.05) is 26.1 Å². The van der Waals surface area contributed by atoms with Gasteiger partial charge in [-0.05, 0) is 55.2 Å². The zero-order valence-corrected chi connectivity index (χ0v) is 17.7. The predicted octanol–water partition coefficient (Wildman–Crippen LogP) is 4.20. The van der Waals surface area contributed by atoms with Gasteiger partial charge in [-0.1, -0.05) is 31.4 Å². The van der Waals surface area contributed by atoms with Gasteiger partial charge in [-0.3, -0.25) is 9.59 Å². The predicted molar refractivity (Wildman–Crippen MR) is 117 cm³/mol. The summed E-state index contributed by atoms with van der Waals surface area (Å²) in [5, 5.41) is 5.90. The number of carbonyl (C=O) groups is 2. The summed E-state index contributed by atoms with van der Waals surface area (Å²) < 4.78 is 10.6. The lowest BCUT2D eigenvalue weighted by Gasteiger charge is -2.20. The smallest absolute Gasteiger partial charge is 0.251 e. The molecule has 1 aliphatic rings. The van der Waals surface area contributed by atoms with Crippen LogP contribution >= 0.6 is 0 Å². The van der Waals surface area contributed by atoms with Gasteiger partial charge in [0.2, 0.25) is 5.91 Å². The van der Waals surface area contributed by atoms with Crippen LogP contribution in [0.4, 0.5) is 5.69 Å². The molecule has 2 aromatic rings. The number of ether oxygens (including phenoxy) is 2. The number of rotatable bonds is 8. The van der Waals surface area contributed by atoms with Gasteiger partial charge in [0.1, 0.15) is 0 Å². The van der Waals surface area contributed by atoms with Crippen LogP contribution in [0.1, 0.15) is 48.0 Å². The molecule has 0 aromatic heterocycles. The molecule has 0 spiro atoms. The standard InChI is InChI=1S/C24H30N2O4/c1-29-21-12-11-17(15-22(21)30-2)13-14-25-23(27)19-9-6-10-20(16-19)26-24(28)18-7-4-3-5-8-18/h6,9-12,15-16,18H,3-5,7-8,13-14H2,1-2H3,(H,25,27)(H,26,28). The maximum atomic E-state index is 12.5. The van der Waals surface area contributed by atoms with Crippen LogP contribution in [0.25, 0.3) is 0 Å². The summed E-state index contributed by atoms with van der Waals surface area (Å²) in [4.78, 5) is 25.0. The molecule has 2 amide bonds. The Morgan fingerprint density at radius 1 is 0.967 bits per heavy atom. The lowest BCUT2D eigenvalue weighted by molar-refractivity contribution is -0.120. The van der Waals surface area contributed by atoms with Gasteiger partial charge in [-0.25, -0.2) is 0 Å². The van der Waals surface area contributed by atoms with E-state index in [9.17, 15) is 9.59 Å². The average Bonchev–Trinajstić information content (AvgIpc) is 2.79. The van der Waals surface area contributed by atoms with Crippen molar-refractivity contribution in [1.29, 1.82) is 0 Å². The van der Waals surface area contributed by atoms with Gasteiger partial charge in [-0.15, -0.1) is 0 Å². The monoisotopic (exact) mass is 410 g/mol. The van der Waals surface area contributed by atoms with E-state index in [0.717, 1.165) is 31.2 Å². The van der Waals surface area contributed by atoms with Crippen LogP contribution in [0.2, 0.25) is 0 Å². The maximum absolute atomic E-state index is 12.5. The molecule has 0 atom stereocenters. The van der Waals surface area contributed by atoms with E-state index in [1.165, 1.54) is 6.42 Å². The second-order valence-corrected chi connectivity index (χ2v) is 7.60. The Balaban J connectivity index is 1.53. The Kier molecular flexibility index (Phi) is 7.71. The largest absolute Gasteiger partial charge is 0.493 e. The highest BCUT2D eigenvalue weighted by Crippen LogP contribution is 2.28. The zero-order valence-electron chi connectivity index (χ0n) is 17.7. The molecule has 0 unspecified atom stereocenters. The van der Waals surface area contributed by atoms with Crippen molar-refractivity contribution >= 4 is 17.5 Å². The second-order valence-electron chi connectivity index (χ2n) is 7.60. The van der Waals surface area contributed by atoms with Gasteiger partial charge >= 0.3 is 0 Å². The molecule has 0 aliphatic heterocycles. The van der Waals surface area contributed by atoms with Crippen molar-refractivity contribution in [3.63, 3.8) is 0 Å². The number of hydrogen-bond acceptors (Lipinski definition) is 4. The summed E-state index contributed by atoms with van der Waals surface area (Å²) in [7, 11) is 3.20. The summed E-state index contributed by atoms with van der Waals surface area (Å²) in [5.41, 5.74) is 2.24. The maximum Gasteiger partial charge on any atom is 0.251 e. The van der Waals surface area contributed by atoms with Crippen molar-refractivity contribution < 1.29 is 19.1 Å². The lowest BCUT2D eigenvalue weighted by atomic mass is 9.88. The third-order valence-corrected chi connectivity index (χ3v) is 5.52. The zero-order chi connectivity index (χ0) is 21.3. The number of carbonyl (C=O) groups excluding carboxylic acids is 2. The molecular weight excluding hydrogens is 380 g/mol. The summed E-state index contributed by atoms with van der Waals surface area (Å²) in [6.07, 6.45) is 6.00. The molecule has 6 heteroatoms. The van der Waals surface area contributed by atoms with Gasteiger partial charge in [0.15, 0.2) is 11.5 Å². The average molecular weight is 411 g/mol. The van der Waals surface area contributed by atoms with E-state index in [1.54, 1.807) is 32.4 Å². The normalized spacial score (nSPS) is 14.1. The molecule has 1 aliphatic carbocycles. The molecule has 1 saturated carbocycles. The van der Waals surface area contributed by atoms with Gasteiger partial charge in [0, 0.05) is 23.7 Å². The van der Waals surface area contributed by atoms with Crippen molar-refractivity contribution in [3.05, 3.63) is 53.6 Å². The Bertz CT molecular complexity index is 875. The highest BCUT2D eigenvalue weighted by molar-refractivity contribution is 5.97. The fraction of sp³-hybridized carbons (Fsp3) is 0.417. The molecule has 0 saturated heterocycles. The fourth-order valence-corrected chi connectivity index (χ4v) is 3.81. The first kappa shape index (κ1) is 21.7. The molecule has 0 bridgehead atoms. The molecule has 2 N–H and O–H groups in total. The molecule has 0 heterocycles. The van der Waals surface area contributed by atoms with Crippen molar-refractivity contribution in [3.8, 4) is 11.5 Å². The van der Waals surface area contributed by atoms with Crippen LogP contribution in [-0.4, -0.2) is 32.6 Å². The lowest BCUT2D eigenvalue weighted by Crippen LogP contribution is -2.26. The minimum atomic E-state index is -0.163. The molecule has 160 valence electrons. The van der Waals surface area contributed by atoms with Gasteiger partial charge in [0.05, 0.1) is 14.2 Å². The van der Waals surface area contributed by atoms with E-state index >= 15 is 0 Å². The van der Waals surface area contributed by atoms with Crippen LogP contribution in [0.3, 0.4) is 0 Å². The number of nitrogens with one attached hydrogen (secondary N) is 2. The number of amides is 2. The first-order valence-corrected chi connectivity index (χ1v) is 10.5. The highest BCUT2D eigenvalue weighted by Gasteiger charge is 2.21. The van der Waals surface area contributed by atoms with Gasteiger partial charge in [0.25, 0.3) is 5.91 Å². The number of benzene rings is 2. The minimum Gasteiger partial charge on any atom is -0.493 e. The topological polar surface area (TPSA) is 76.7 Å². The number of anilines is 1. The Morgan fingerprint density at radius 2 is 1.73 bits per heavy atom. The van der Waals surface area contributed by atoms with Gasteiger partial charge < -0.3 is 20.1 Å². The van der Waals surface area contributed by atoms with E-state index < -0.39 is 0 Å². The van der Waals surface area contributed by atoms with Crippen LogP contribution in [0.15, 0.2) is 42.5 Å². The Labute approximate surface area is 178 Å². The third-order valence-electron chi connectivity index (χ3n) is 5.52. The van der Waals surface area contributed by atoms with Crippen LogP contribution in [0, 0.1) is 5.92 Å². The molecule has 1 fully saturated rings. The third kappa shape index (κ3) is 5.75. The minimum absolute atomic E-state index is 0.0562. The SMILES string of the molecule is COc1ccc(CCNC(=O)c2cccc(NC(=O)C3CCCCC3)c2)cc1OC. The van der Waals surface area contributed by atoms with Crippen molar-refractivity contribution in [2.24, 2.45) is 5.92 Å². The quantitative estimate of drug-likeness (QED) is 0.684. The highest BCUT2D eigenvalue weighted by atomic mass is 16.5. The number of hydrogen-bond donors (Lipinski definition) is 2. The Hall–Kier alpha value is -3.02. The molecule has 0 radical (unpaired) electrons. The van der Waals surface area contributed by atoms with E-state index in [1.807, 2.05) is 24.3 Å². The summed E-state index contributed by atoms with van der Waals surface area (Å²) in [6, 6.07) is 12.8.